The highest BCUT2D eigenvalue weighted by atomic mass is 19.4. The SMILES string of the molecule is CC(=O)Nc1ccc(N(C)C(=O)c2cccc(-n3nc(C(F)(F)F)c4c3CCN(C)C4)c2)cc1O. The van der Waals surface area contributed by atoms with Crippen molar-refractivity contribution in [3.63, 3.8) is 0 Å². The minimum Gasteiger partial charge on any atom is -0.506 e. The van der Waals surface area contributed by atoms with E-state index in [2.05, 4.69) is 10.4 Å². The number of alkyl halides is 3. The second kappa shape index (κ2) is 9.06. The molecule has 8 nitrogen and oxygen atoms in total. The Morgan fingerprint density at radius 1 is 1.17 bits per heavy atom. The molecule has 184 valence electrons. The molecule has 1 aliphatic heterocycles. The van der Waals surface area contributed by atoms with Gasteiger partial charge in [-0.05, 0) is 37.4 Å². The number of amides is 2. The van der Waals surface area contributed by atoms with Crippen LogP contribution in [0.25, 0.3) is 5.69 Å². The van der Waals surface area contributed by atoms with E-state index in [0.29, 0.717) is 30.0 Å². The number of nitrogens with one attached hydrogen (secondary N) is 1. The van der Waals surface area contributed by atoms with E-state index in [1.807, 2.05) is 4.90 Å². The van der Waals surface area contributed by atoms with Crippen LogP contribution in [0.4, 0.5) is 24.5 Å². The predicted octanol–water partition coefficient (Wildman–Crippen LogP) is 3.82. The largest absolute Gasteiger partial charge is 0.506 e. The van der Waals surface area contributed by atoms with Crippen molar-refractivity contribution in [1.29, 1.82) is 0 Å². The number of likely N-dealkylation sites (N-methyl/N-ethyl adjacent to an activating group) is 1. The zero-order chi connectivity index (χ0) is 25.5. The minimum absolute atomic E-state index is 0.142. The van der Waals surface area contributed by atoms with Gasteiger partial charge < -0.3 is 20.2 Å². The first kappa shape index (κ1) is 24.3. The van der Waals surface area contributed by atoms with Crippen LogP contribution in [0, 0.1) is 0 Å². The topological polar surface area (TPSA) is 90.7 Å². The molecule has 0 radical (unpaired) electrons. The summed E-state index contributed by atoms with van der Waals surface area (Å²) in [5, 5.41) is 16.5. The molecular weight excluding hydrogens is 463 g/mol. The molecule has 4 rings (SSSR count). The quantitative estimate of drug-likeness (QED) is 0.546. The number of carbonyl (C=O) groups excluding carboxylic acids is 2. The molecule has 3 aromatic rings. The number of carbonyl (C=O) groups is 2. The van der Waals surface area contributed by atoms with Crippen molar-refractivity contribution in [2.45, 2.75) is 26.1 Å². The Hall–Kier alpha value is -3.86. The van der Waals surface area contributed by atoms with E-state index in [-0.39, 0.29) is 35.0 Å². The zero-order valence-electron chi connectivity index (χ0n) is 19.3. The Kier molecular flexibility index (Phi) is 6.28. The lowest BCUT2D eigenvalue weighted by atomic mass is 10.0. The van der Waals surface area contributed by atoms with Crippen molar-refractivity contribution < 1.29 is 27.9 Å². The molecule has 2 N–H and O–H groups in total. The van der Waals surface area contributed by atoms with Crippen molar-refractivity contribution in [3.05, 3.63) is 65.0 Å². The number of benzene rings is 2. The Morgan fingerprint density at radius 2 is 1.91 bits per heavy atom. The van der Waals surface area contributed by atoms with Crippen molar-refractivity contribution in [1.82, 2.24) is 14.7 Å². The van der Waals surface area contributed by atoms with E-state index in [1.54, 1.807) is 31.3 Å². The zero-order valence-corrected chi connectivity index (χ0v) is 19.3. The average molecular weight is 487 g/mol. The van der Waals surface area contributed by atoms with Gasteiger partial charge in [-0.1, -0.05) is 6.07 Å². The van der Waals surface area contributed by atoms with Crippen LogP contribution in [-0.2, 0) is 23.9 Å². The summed E-state index contributed by atoms with van der Waals surface area (Å²) < 4.78 is 42.3. The number of aromatic hydroxyl groups is 1. The van der Waals surface area contributed by atoms with Gasteiger partial charge in [-0.15, -0.1) is 0 Å². The van der Waals surface area contributed by atoms with E-state index in [4.69, 9.17) is 0 Å². The van der Waals surface area contributed by atoms with E-state index in [1.165, 1.54) is 41.8 Å². The molecule has 0 saturated carbocycles. The summed E-state index contributed by atoms with van der Waals surface area (Å²) in [6.07, 6.45) is -4.19. The molecular formula is C24H24F3N5O3. The first-order valence-corrected chi connectivity index (χ1v) is 10.8. The smallest absolute Gasteiger partial charge is 0.435 e. The van der Waals surface area contributed by atoms with Crippen LogP contribution in [0.5, 0.6) is 5.75 Å². The minimum atomic E-state index is -4.59. The second-order valence-corrected chi connectivity index (χ2v) is 8.47. The highest BCUT2D eigenvalue weighted by molar-refractivity contribution is 6.06. The Bertz CT molecular complexity index is 1300. The predicted molar refractivity (Wildman–Crippen MR) is 124 cm³/mol. The first-order valence-electron chi connectivity index (χ1n) is 10.8. The summed E-state index contributed by atoms with van der Waals surface area (Å²) in [6, 6.07) is 10.6. The number of anilines is 2. The number of rotatable bonds is 4. The summed E-state index contributed by atoms with van der Waals surface area (Å²) in [4.78, 5) is 27.5. The molecule has 2 amide bonds. The molecule has 2 heterocycles. The number of phenols is 1. The number of fused-ring (bicyclic) bond motifs is 1. The fourth-order valence-corrected chi connectivity index (χ4v) is 4.10. The maximum Gasteiger partial charge on any atom is 0.435 e. The van der Waals surface area contributed by atoms with Crippen molar-refractivity contribution in [3.8, 4) is 11.4 Å². The standard InChI is InChI=1S/C24H24F3N5O3/c1-14(33)28-19-8-7-16(12-21(19)34)31(3)23(35)15-5-4-6-17(11-15)32-20-9-10-30(2)13-18(20)22(29-32)24(25,26)27/h4-8,11-12,34H,9-10,13H2,1-3H3,(H,28,33). The summed E-state index contributed by atoms with van der Waals surface area (Å²) >= 11 is 0. The first-order chi connectivity index (χ1) is 16.5. The van der Waals surface area contributed by atoms with Gasteiger partial charge in [0.1, 0.15) is 5.75 Å². The van der Waals surface area contributed by atoms with Gasteiger partial charge in [0.15, 0.2) is 5.69 Å². The van der Waals surface area contributed by atoms with E-state index in [0.717, 1.165) is 0 Å². The van der Waals surface area contributed by atoms with Crippen LogP contribution < -0.4 is 10.2 Å². The highest BCUT2D eigenvalue weighted by Gasteiger charge is 2.40. The molecule has 11 heteroatoms. The van der Waals surface area contributed by atoms with Gasteiger partial charge in [0, 0.05) is 56.4 Å². The van der Waals surface area contributed by atoms with Crippen molar-refractivity contribution in [2.75, 3.05) is 30.9 Å². The fraction of sp³-hybridized carbons (Fsp3) is 0.292. The number of phenolic OH excluding ortho intramolecular Hbond substituents is 1. The number of nitrogens with zero attached hydrogens (tertiary/aromatic N) is 4. The molecule has 35 heavy (non-hydrogen) atoms. The number of aromatic nitrogens is 2. The molecule has 0 aliphatic carbocycles. The summed E-state index contributed by atoms with van der Waals surface area (Å²) in [5.41, 5.74) is 0.874. The van der Waals surface area contributed by atoms with Crippen LogP contribution in [0.2, 0.25) is 0 Å². The van der Waals surface area contributed by atoms with Crippen LogP contribution >= 0.6 is 0 Å². The number of hydrogen-bond donors (Lipinski definition) is 2. The molecule has 0 unspecified atom stereocenters. The molecule has 0 atom stereocenters. The highest BCUT2D eigenvalue weighted by Crippen LogP contribution is 2.36. The van der Waals surface area contributed by atoms with Crippen molar-refractivity contribution in [2.24, 2.45) is 0 Å². The van der Waals surface area contributed by atoms with Gasteiger partial charge in [-0.25, -0.2) is 4.68 Å². The molecule has 0 spiro atoms. The van der Waals surface area contributed by atoms with E-state index in [9.17, 15) is 27.9 Å². The number of hydrogen-bond acceptors (Lipinski definition) is 5. The molecule has 2 aromatic carbocycles. The molecule has 1 aromatic heterocycles. The molecule has 0 fully saturated rings. The lowest BCUT2D eigenvalue weighted by Crippen LogP contribution is -2.28. The molecule has 0 saturated heterocycles. The third-order valence-corrected chi connectivity index (χ3v) is 5.84. The maximum absolute atomic E-state index is 13.7. The van der Waals surface area contributed by atoms with Crippen LogP contribution in [0.1, 0.15) is 34.2 Å². The van der Waals surface area contributed by atoms with Gasteiger partial charge in [0.05, 0.1) is 17.1 Å². The van der Waals surface area contributed by atoms with Gasteiger partial charge >= 0.3 is 6.18 Å². The van der Waals surface area contributed by atoms with E-state index < -0.39 is 17.8 Å². The second-order valence-electron chi connectivity index (χ2n) is 8.47. The third kappa shape index (κ3) is 4.85. The summed E-state index contributed by atoms with van der Waals surface area (Å²) in [6.45, 7) is 2.04. The van der Waals surface area contributed by atoms with Gasteiger partial charge in [0.2, 0.25) is 5.91 Å². The average Bonchev–Trinajstić information content (AvgIpc) is 3.18. The lowest BCUT2D eigenvalue weighted by Gasteiger charge is -2.24. The fourth-order valence-electron chi connectivity index (χ4n) is 4.10. The van der Waals surface area contributed by atoms with Crippen LogP contribution in [-0.4, -0.2) is 52.2 Å². The maximum atomic E-state index is 13.7. The summed E-state index contributed by atoms with van der Waals surface area (Å²) in [5.74, 6) is -0.996. The molecule has 1 aliphatic rings. The van der Waals surface area contributed by atoms with Crippen LogP contribution in [0.3, 0.4) is 0 Å². The van der Waals surface area contributed by atoms with E-state index >= 15 is 0 Å². The Morgan fingerprint density at radius 3 is 2.57 bits per heavy atom. The van der Waals surface area contributed by atoms with Gasteiger partial charge in [-0.2, -0.15) is 18.3 Å². The third-order valence-electron chi connectivity index (χ3n) is 5.84. The van der Waals surface area contributed by atoms with Gasteiger partial charge in [0.25, 0.3) is 5.91 Å². The van der Waals surface area contributed by atoms with Gasteiger partial charge in [-0.3, -0.25) is 9.59 Å². The number of halogens is 3. The monoisotopic (exact) mass is 487 g/mol. The lowest BCUT2D eigenvalue weighted by molar-refractivity contribution is -0.142. The summed E-state index contributed by atoms with van der Waals surface area (Å²) in [7, 11) is 3.27. The normalized spacial score (nSPS) is 13.9. The van der Waals surface area contributed by atoms with Crippen molar-refractivity contribution >= 4 is 23.2 Å². The Labute approximate surface area is 199 Å². The van der Waals surface area contributed by atoms with Crippen LogP contribution in [0.15, 0.2) is 42.5 Å². The Balaban J connectivity index is 1.67. The molecule has 0 bridgehead atoms.